The Morgan fingerprint density at radius 3 is 2.93 bits per heavy atom. The second kappa shape index (κ2) is 4.61. The van der Waals surface area contributed by atoms with E-state index in [1.165, 1.54) is 24.6 Å². The molecule has 0 aliphatic heterocycles. The number of nitrogen functional groups attached to an aromatic ring is 1. The van der Waals surface area contributed by atoms with Gasteiger partial charge in [0, 0.05) is 12.4 Å². The molecule has 1 aliphatic carbocycles. The summed E-state index contributed by atoms with van der Waals surface area (Å²) in [6, 6.07) is 0. The van der Waals surface area contributed by atoms with E-state index < -0.39 is 0 Å². The summed E-state index contributed by atoms with van der Waals surface area (Å²) in [5, 5.41) is 0.753. The summed E-state index contributed by atoms with van der Waals surface area (Å²) in [6.07, 6.45) is 5.86. The van der Waals surface area contributed by atoms with Gasteiger partial charge >= 0.3 is 0 Å². The Kier molecular flexibility index (Phi) is 3.21. The fourth-order valence-electron chi connectivity index (χ4n) is 1.04. The van der Waals surface area contributed by atoms with Crippen LogP contribution in [0, 0.1) is 5.92 Å². The maximum absolute atomic E-state index is 5.62. The van der Waals surface area contributed by atoms with E-state index in [-0.39, 0.29) is 0 Å². The van der Waals surface area contributed by atoms with Gasteiger partial charge in [-0.15, -0.1) is 0 Å². The molecule has 0 saturated heterocycles. The van der Waals surface area contributed by atoms with Gasteiger partial charge in [-0.05, 0) is 18.8 Å². The zero-order chi connectivity index (χ0) is 9.80. The smallest absolute Gasteiger partial charge is 0.156 e. The van der Waals surface area contributed by atoms with Crippen molar-refractivity contribution in [3.8, 4) is 0 Å². The predicted octanol–water partition coefficient (Wildman–Crippen LogP) is 1.53. The molecule has 2 N–H and O–H groups in total. The number of hydrogen-bond acceptors (Lipinski definition) is 5. The molecule has 1 saturated carbocycles. The first-order chi connectivity index (χ1) is 6.86. The van der Waals surface area contributed by atoms with Gasteiger partial charge in [-0.3, -0.25) is 0 Å². The Labute approximate surface area is 87.3 Å². The first-order valence-electron chi connectivity index (χ1n) is 4.63. The summed E-state index contributed by atoms with van der Waals surface area (Å²) in [7, 11) is 0. The van der Waals surface area contributed by atoms with Gasteiger partial charge in [0.15, 0.2) is 5.82 Å². The van der Waals surface area contributed by atoms with Gasteiger partial charge in [0.25, 0.3) is 0 Å². The third-order valence-corrected chi connectivity index (χ3v) is 2.89. The lowest BCUT2D eigenvalue weighted by molar-refractivity contribution is 0.171. The lowest BCUT2D eigenvalue weighted by Gasteiger charge is -2.03. The number of anilines is 1. The molecule has 4 nitrogen and oxygen atoms in total. The van der Waals surface area contributed by atoms with Gasteiger partial charge in [-0.2, -0.15) is 0 Å². The Balaban J connectivity index is 1.71. The van der Waals surface area contributed by atoms with E-state index in [4.69, 9.17) is 10.5 Å². The van der Waals surface area contributed by atoms with E-state index in [9.17, 15) is 0 Å². The highest BCUT2D eigenvalue weighted by Gasteiger charge is 2.21. The second-order valence-electron chi connectivity index (χ2n) is 3.32. The molecule has 14 heavy (non-hydrogen) atoms. The van der Waals surface area contributed by atoms with Gasteiger partial charge < -0.3 is 10.5 Å². The number of aromatic nitrogens is 2. The van der Waals surface area contributed by atoms with Crippen LogP contribution in [0.5, 0.6) is 0 Å². The van der Waals surface area contributed by atoms with Crippen LogP contribution in [0.15, 0.2) is 17.4 Å². The van der Waals surface area contributed by atoms with Crippen molar-refractivity contribution in [3.05, 3.63) is 12.4 Å². The number of nitrogens with two attached hydrogens (primary N) is 1. The lowest BCUT2D eigenvalue weighted by Crippen LogP contribution is -1.98. The summed E-state index contributed by atoms with van der Waals surface area (Å²) in [5.41, 5.74) is 5.62. The Bertz CT molecular complexity index is 304. The van der Waals surface area contributed by atoms with Gasteiger partial charge in [0.2, 0.25) is 0 Å². The average Bonchev–Trinajstić information content (AvgIpc) is 2.99. The summed E-state index contributed by atoms with van der Waals surface area (Å²) >= 11 is 1.50. The van der Waals surface area contributed by atoms with Gasteiger partial charge in [0.1, 0.15) is 5.03 Å². The quantitative estimate of drug-likeness (QED) is 0.454. The lowest BCUT2D eigenvalue weighted by atomic mass is 10.5. The topological polar surface area (TPSA) is 61.0 Å². The fourth-order valence-corrected chi connectivity index (χ4v) is 1.67. The van der Waals surface area contributed by atoms with Crippen molar-refractivity contribution < 1.29 is 4.74 Å². The van der Waals surface area contributed by atoms with E-state index in [1.807, 2.05) is 0 Å². The standard InChI is InChI=1S/C9H13N3OS/c10-8-9(12-4-3-11-8)14-6-13-5-7-1-2-7/h3-4,7H,1-2,5-6H2,(H2,10,11). The molecule has 0 radical (unpaired) electrons. The fraction of sp³-hybridized carbons (Fsp3) is 0.556. The minimum atomic E-state index is 0.479. The maximum Gasteiger partial charge on any atom is 0.156 e. The molecule has 76 valence electrons. The van der Waals surface area contributed by atoms with E-state index in [0.29, 0.717) is 11.8 Å². The molecule has 5 heteroatoms. The number of nitrogens with zero attached hydrogens (tertiary/aromatic N) is 2. The monoisotopic (exact) mass is 211 g/mol. The van der Waals surface area contributed by atoms with Crippen LogP contribution in [0.1, 0.15) is 12.8 Å². The Morgan fingerprint density at radius 2 is 2.21 bits per heavy atom. The van der Waals surface area contributed by atoms with Crippen LogP contribution >= 0.6 is 11.8 Å². The van der Waals surface area contributed by atoms with Crippen LogP contribution in [0.25, 0.3) is 0 Å². The van der Waals surface area contributed by atoms with Crippen LogP contribution in [-0.2, 0) is 4.74 Å². The van der Waals surface area contributed by atoms with E-state index >= 15 is 0 Å². The molecule has 0 amide bonds. The predicted molar refractivity (Wildman–Crippen MR) is 55.8 cm³/mol. The Morgan fingerprint density at radius 1 is 1.43 bits per heavy atom. The third-order valence-electron chi connectivity index (χ3n) is 2.02. The molecule has 0 spiro atoms. The molecule has 1 heterocycles. The summed E-state index contributed by atoms with van der Waals surface area (Å²) in [4.78, 5) is 8.05. The first kappa shape index (κ1) is 9.73. The molecule has 1 aromatic heterocycles. The number of hydrogen-bond donors (Lipinski definition) is 1. The normalized spacial score (nSPS) is 15.7. The van der Waals surface area contributed by atoms with E-state index in [0.717, 1.165) is 17.6 Å². The largest absolute Gasteiger partial charge is 0.381 e. The highest BCUT2D eigenvalue weighted by Crippen LogP contribution is 2.29. The Hall–Kier alpha value is -0.810. The zero-order valence-electron chi connectivity index (χ0n) is 7.85. The second-order valence-corrected chi connectivity index (χ2v) is 4.23. The van der Waals surface area contributed by atoms with Crippen molar-refractivity contribution in [2.24, 2.45) is 5.92 Å². The van der Waals surface area contributed by atoms with Gasteiger partial charge in [-0.1, -0.05) is 11.8 Å². The highest BCUT2D eigenvalue weighted by molar-refractivity contribution is 7.99. The molecule has 0 atom stereocenters. The number of ether oxygens (including phenoxy) is 1. The summed E-state index contributed by atoms with van der Waals surface area (Å²) in [6.45, 7) is 0.868. The van der Waals surface area contributed by atoms with Crippen molar-refractivity contribution in [2.75, 3.05) is 18.3 Å². The van der Waals surface area contributed by atoms with Crippen LogP contribution in [-0.4, -0.2) is 22.5 Å². The molecule has 2 rings (SSSR count). The summed E-state index contributed by atoms with van der Waals surface area (Å²) < 4.78 is 5.46. The summed E-state index contributed by atoms with van der Waals surface area (Å²) in [5.74, 6) is 1.89. The number of rotatable bonds is 5. The van der Waals surface area contributed by atoms with Crippen molar-refractivity contribution in [1.29, 1.82) is 0 Å². The highest BCUT2D eigenvalue weighted by atomic mass is 32.2. The SMILES string of the molecule is Nc1nccnc1SCOCC1CC1. The maximum atomic E-state index is 5.62. The molecular formula is C9H13N3OS. The van der Waals surface area contributed by atoms with Crippen molar-refractivity contribution in [2.45, 2.75) is 17.9 Å². The van der Waals surface area contributed by atoms with Crippen LogP contribution in [0.2, 0.25) is 0 Å². The molecular weight excluding hydrogens is 198 g/mol. The molecule has 0 bridgehead atoms. The molecule has 0 unspecified atom stereocenters. The van der Waals surface area contributed by atoms with Gasteiger partial charge in [0.05, 0.1) is 12.5 Å². The molecule has 1 aromatic rings. The van der Waals surface area contributed by atoms with Crippen molar-refractivity contribution >= 4 is 17.6 Å². The third kappa shape index (κ3) is 2.85. The number of thioether (sulfide) groups is 1. The first-order valence-corrected chi connectivity index (χ1v) is 5.62. The van der Waals surface area contributed by atoms with Crippen LogP contribution in [0.3, 0.4) is 0 Å². The van der Waals surface area contributed by atoms with Gasteiger partial charge in [-0.25, -0.2) is 9.97 Å². The van der Waals surface area contributed by atoms with Crippen molar-refractivity contribution in [3.63, 3.8) is 0 Å². The van der Waals surface area contributed by atoms with Crippen molar-refractivity contribution in [1.82, 2.24) is 9.97 Å². The van der Waals surface area contributed by atoms with Crippen LogP contribution < -0.4 is 5.73 Å². The average molecular weight is 211 g/mol. The zero-order valence-corrected chi connectivity index (χ0v) is 8.67. The molecule has 0 aromatic carbocycles. The molecule has 1 fully saturated rings. The van der Waals surface area contributed by atoms with E-state index in [2.05, 4.69) is 9.97 Å². The minimum Gasteiger partial charge on any atom is -0.381 e. The van der Waals surface area contributed by atoms with Crippen LogP contribution in [0.4, 0.5) is 5.82 Å². The van der Waals surface area contributed by atoms with E-state index in [1.54, 1.807) is 12.4 Å². The molecule has 1 aliphatic rings. The minimum absolute atomic E-state index is 0.479.